The number of nitrogens with zero attached hydrogens (tertiary/aromatic N) is 1. The topological polar surface area (TPSA) is 99.1 Å². The number of urea groups is 1. The predicted molar refractivity (Wildman–Crippen MR) is 79.7 cm³/mol. The first-order chi connectivity index (χ1) is 10.5. The summed E-state index contributed by atoms with van der Waals surface area (Å²) >= 11 is 0. The van der Waals surface area contributed by atoms with Crippen molar-refractivity contribution in [1.82, 2.24) is 4.90 Å². The number of hydrogen-bond acceptors (Lipinski definition) is 5. The molecule has 2 amide bonds. The minimum absolute atomic E-state index is 0.140. The van der Waals surface area contributed by atoms with Crippen LogP contribution in [0.5, 0.6) is 11.5 Å². The van der Waals surface area contributed by atoms with Crippen molar-refractivity contribution in [2.75, 3.05) is 25.0 Å². The second kappa shape index (κ2) is 7.02. The third kappa shape index (κ3) is 4.03. The molecule has 3 N–H and O–H groups in total. The quantitative estimate of drug-likeness (QED) is 0.741. The van der Waals surface area contributed by atoms with Gasteiger partial charge in [0.1, 0.15) is 11.5 Å². The summed E-state index contributed by atoms with van der Waals surface area (Å²) in [6.07, 6.45) is 1.43. The first kappa shape index (κ1) is 15.9. The minimum Gasteiger partial charge on any atom is -0.508 e. The summed E-state index contributed by atoms with van der Waals surface area (Å²) in [4.78, 5) is 25.5. The van der Waals surface area contributed by atoms with Crippen molar-refractivity contribution in [3.05, 3.63) is 18.2 Å². The van der Waals surface area contributed by atoms with E-state index < -0.39 is 0 Å². The summed E-state index contributed by atoms with van der Waals surface area (Å²) in [5.41, 5.74) is 0.292. The lowest BCUT2D eigenvalue weighted by Crippen LogP contribution is -2.44. The largest absolute Gasteiger partial charge is 0.508 e. The van der Waals surface area contributed by atoms with E-state index in [0.29, 0.717) is 31.8 Å². The van der Waals surface area contributed by atoms with Crippen LogP contribution in [-0.2, 0) is 9.53 Å². The van der Waals surface area contributed by atoms with E-state index >= 15 is 0 Å². The van der Waals surface area contributed by atoms with Gasteiger partial charge in [0.05, 0.1) is 12.5 Å². The van der Waals surface area contributed by atoms with E-state index in [4.69, 9.17) is 4.74 Å². The zero-order valence-electron chi connectivity index (χ0n) is 12.4. The van der Waals surface area contributed by atoms with E-state index in [2.05, 4.69) is 5.32 Å². The van der Waals surface area contributed by atoms with Crippen LogP contribution in [0.2, 0.25) is 0 Å². The molecule has 1 aliphatic heterocycles. The van der Waals surface area contributed by atoms with Crippen molar-refractivity contribution in [2.45, 2.75) is 19.8 Å². The van der Waals surface area contributed by atoms with Gasteiger partial charge in [-0.3, -0.25) is 4.79 Å². The molecule has 0 spiro atoms. The van der Waals surface area contributed by atoms with Gasteiger partial charge in [0.2, 0.25) is 0 Å². The molecular weight excluding hydrogens is 288 g/mol. The zero-order valence-corrected chi connectivity index (χ0v) is 12.4. The number of phenols is 2. The van der Waals surface area contributed by atoms with E-state index in [-0.39, 0.29) is 29.4 Å². The molecule has 7 heteroatoms. The van der Waals surface area contributed by atoms with Crippen molar-refractivity contribution in [1.29, 1.82) is 0 Å². The van der Waals surface area contributed by atoms with Gasteiger partial charge >= 0.3 is 12.0 Å². The molecule has 2 rings (SSSR count). The van der Waals surface area contributed by atoms with Gasteiger partial charge in [-0.2, -0.15) is 0 Å². The highest BCUT2D eigenvalue weighted by Gasteiger charge is 2.29. The van der Waals surface area contributed by atoms with Gasteiger partial charge < -0.3 is 25.2 Å². The van der Waals surface area contributed by atoms with E-state index in [9.17, 15) is 19.8 Å². The number of benzene rings is 1. The number of ether oxygens (including phenoxy) is 1. The fourth-order valence-corrected chi connectivity index (χ4v) is 2.48. The summed E-state index contributed by atoms with van der Waals surface area (Å²) in [5.74, 6) is -0.872. The fourth-order valence-electron chi connectivity index (χ4n) is 2.48. The maximum Gasteiger partial charge on any atom is 0.321 e. The minimum atomic E-state index is -0.376. The molecule has 120 valence electrons. The Morgan fingerprint density at radius 1 is 1.32 bits per heavy atom. The molecule has 1 heterocycles. The molecule has 1 fully saturated rings. The molecule has 1 aromatic carbocycles. The molecular formula is C15H20N2O5. The number of aromatic hydroxyl groups is 2. The van der Waals surface area contributed by atoms with Crippen LogP contribution in [0.25, 0.3) is 0 Å². The van der Waals surface area contributed by atoms with Gasteiger partial charge in [-0.25, -0.2) is 4.79 Å². The van der Waals surface area contributed by atoms with Crippen molar-refractivity contribution < 1.29 is 24.5 Å². The van der Waals surface area contributed by atoms with Crippen LogP contribution in [0, 0.1) is 5.92 Å². The van der Waals surface area contributed by atoms with E-state index in [0.717, 1.165) is 6.42 Å². The Hall–Kier alpha value is -2.44. The van der Waals surface area contributed by atoms with Crippen molar-refractivity contribution >= 4 is 17.7 Å². The van der Waals surface area contributed by atoms with Gasteiger partial charge in [0, 0.05) is 37.0 Å². The number of amides is 2. The van der Waals surface area contributed by atoms with Crippen LogP contribution >= 0.6 is 0 Å². The Balaban J connectivity index is 1.98. The van der Waals surface area contributed by atoms with Crippen LogP contribution in [0.3, 0.4) is 0 Å². The first-order valence-electron chi connectivity index (χ1n) is 7.25. The lowest BCUT2D eigenvalue weighted by atomic mass is 9.98. The Labute approximate surface area is 128 Å². The summed E-state index contributed by atoms with van der Waals surface area (Å²) in [5, 5.41) is 21.4. The summed E-state index contributed by atoms with van der Waals surface area (Å²) < 4.78 is 5.00. The number of likely N-dealkylation sites (tertiary alicyclic amines) is 1. The van der Waals surface area contributed by atoms with Crippen LogP contribution in [0.15, 0.2) is 18.2 Å². The predicted octanol–water partition coefficient (Wildman–Crippen LogP) is 1.90. The molecule has 0 aromatic heterocycles. The van der Waals surface area contributed by atoms with Gasteiger partial charge in [-0.1, -0.05) is 0 Å². The van der Waals surface area contributed by atoms with Crippen LogP contribution in [0.1, 0.15) is 19.8 Å². The third-order valence-electron chi connectivity index (χ3n) is 3.48. The molecule has 0 radical (unpaired) electrons. The monoisotopic (exact) mass is 308 g/mol. The molecule has 1 atom stereocenters. The molecule has 1 aromatic rings. The lowest BCUT2D eigenvalue weighted by Gasteiger charge is -2.31. The summed E-state index contributed by atoms with van der Waals surface area (Å²) in [6, 6.07) is 3.47. The number of piperidine rings is 1. The number of anilines is 1. The lowest BCUT2D eigenvalue weighted by molar-refractivity contribution is -0.149. The molecule has 22 heavy (non-hydrogen) atoms. The zero-order chi connectivity index (χ0) is 16.1. The van der Waals surface area contributed by atoms with Gasteiger partial charge in [0.25, 0.3) is 0 Å². The average molecular weight is 308 g/mol. The summed E-state index contributed by atoms with van der Waals surface area (Å²) in [7, 11) is 0. The number of esters is 1. The normalized spacial score (nSPS) is 17.9. The Kier molecular flexibility index (Phi) is 5.08. The second-order valence-corrected chi connectivity index (χ2v) is 5.21. The molecule has 1 saturated heterocycles. The number of phenolic OH excluding ortho intramolecular Hbond substituents is 2. The Morgan fingerprint density at radius 2 is 2.00 bits per heavy atom. The maximum atomic E-state index is 12.2. The van der Waals surface area contributed by atoms with Crippen LogP contribution < -0.4 is 5.32 Å². The molecule has 7 nitrogen and oxygen atoms in total. The highest BCUT2D eigenvalue weighted by molar-refractivity contribution is 5.90. The van der Waals surface area contributed by atoms with E-state index in [1.165, 1.54) is 23.1 Å². The standard InChI is InChI=1S/C15H20N2O5/c1-2-22-14(20)10-4-3-5-17(9-10)15(21)16-11-6-12(18)8-13(19)7-11/h6-8,10,18-19H,2-5,9H2,1H3,(H,16,21). The van der Waals surface area contributed by atoms with Crippen molar-refractivity contribution in [3.8, 4) is 11.5 Å². The molecule has 1 unspecified atom stereocenters. The van der Waals surface area contributed by atoms with Gasteiger partial charge in [-0.05, 0) is 19.8 Å². The molecule has 0 bridgehead atoms. The number of nitrogens with one attached hydrogen (secondary N) is 1. The van der Waals surface area contributed by atoms with E-state index in [1.54, 1.807) is 6.92 Å². The highest BCUT2D eigenvalue weighted by atomic mass is 16.5. The smallest absolute Gasteiger partial charge is 0.321 e. The van der Waals surface area contributed by atoms with Crippen LogP contribution in [0.4, 0.5) is 10.5 Å². The average Bonchev–Trinajstić information content (AvgIpc) is 2.46. The molecule has 0 saturated carbocycles. The highest BCUT2D eigenvalue weighted by Crippen LogP contribution is 2.25. The number of rotatable bonds is 3. The SMILES string of the molecule is CCOC(=O)C1CCCN(C(=O)Nc2cc(O)cc(O)c2)C1. The van der Waals surface area contributed by atoms with Crippen molar-refractivity contribution in [3.63, 3.8) is 0 Å². The number of carbonyl (C=O) groups is 2. The fraction of sp³-hybridized carbons (Fsp3) is 0.467. The van der Waals surface area contributed by atoms with Crippen molar-refractivity contribution in [2.24, 2.45) is 5.92 Å². The maximum absolute atomic E-state index is 12.2. The van der Waals surface area contributed by atoms with Crippen LogP contribution in [-0.4, -0.2) is 46.8 Å². The third-order valence-corrected chi connectivity index (χ3v) is 3.48. The van der Waals surface area contributed by atoms with Gasteiger partial charge in [0.15, 0.2) is 0 Å². The number of hydrogen-bond donors (Lipinski definition) is 3. The Morgan fingerprint density at radius 3 is 2.64 bits per heavy atom. The number of carbonyl (C=O) groups excluding carboxylic acids is 2. The van der Waals surface area contributed by atoms with Gasteiger partial charge in [-0.15, -0.1) is 0 Å². The Bertz CT molecular complexity index is 541. The first-order valence-corrected chi connectivity index (χ1v) is 7.25. The summed E-state index contributed by atoms with van der Waals surface area (Å²) in [6.45, 7) is 2.92. The second-order valence-electron chi connectivity index (χ2n) is 5.21. The van der Waals surface area contributed by atoms with E-state index in [1.807, 2.05) is 0 Å². The molecule has 0 aliphatic carbocycles. The molecule has 1 aliphatic rings.